The Hall–Kier alpha value is -2.29. The van der Waals surface area contributed by atoms with Crippen molar-refractivity contribution in [1.29, 1.82) is 0 Å². The third-order valence-electron chi connectivity index (χ3n) is 3.43. The molecule has 0 aliphatic heterocycles. The lowest BCUT2D eigenvalue weighted by atomic mass is 9.98. The molecule has 0 radical (unpaired) electrons. The van der Waals surface area contributed by atoms with Gasteiger partial charge >= 0.3 is 0 Å². The first-order valence-corrected chi connectivity index (χ1v) is 6.71. The van der Waals surface area contributed by atoms with Gasteiger partial charge in [-0.25, -0.2) is 4.98 Å². The zero-order valence-electron chi connectivity index (χ0n) is 11.9. The number of hydrogen-bond acceptors (Lipinski definition) is 3. The molecule has 0 aliphatic carbocycles. The van der Waals surface area contributed by atoms with Gasteiger partial charge in [-0.3, -0.25) is 0 Å². The van der Waals surface area contributed by atoms with E-state index < -0.39 is 0 Å². The molecule has 2 heterocycles. The zero-order chi connectivity index (χ0) is 14.1. The van der Waals surface area contributed by atoms with Crippen LogP contribution in [0.1, 0.15) is 25.3 Å². The summed E-state index contributed by atoms with van der Waals surface area (Å²) < 4.78 is 10.8. The highest BCUT2D eigenvalue weighted by Crippen LogP contribution is 2.32. The lowest BCUT2D eigenvalue weighted by molar-refractivity contribution is 0.415. The van der Waals surface area contributed by atoms with Gasteiger partial charge in [0.25, 0.3) is 0 Å². The highest BCUT2D eigenvalue weighted by molar-refractivity contribution is 5.84. The minimum absolute atomic E-state index is 0.373. The van der Waals surface area contributed by atoms with E-state index in [0.29, 0.717) is 5.92 Å². The molecule has 2 aromatic heterocycles. The fraction of sp³-hybridized carbons (Fsp3) is 0.235. The molecule has 3 aromatic rings. The van der Waals surface area contributed by atoms with Crippen molar-refractivity contribution >= 4 is 10.9 Å². The number of furan rings is 1. The molecule has 3 nitrogen and oxygen atoms in total. The molecule has 0 amide bonds. The first-order chi connectivity index (χ1) is 9.69. The zero-order valence-corrected chi connectivity index (χ0v) is 11.9. The molecular formula is C17H17NO2. The highest BCUT2D eigenvalue weighted by atomic mass is 16.5. The van der Waals surface area contributed by atoms with Crippen LogP contribution in [0.25, 0.3) is 22.4 Å². The summed E-state index contributed by atoms with van der Waals surface area (Å²) in [6.07, 6.45) is 1.68. The quantitative estimate of drug-likeness (QED) is 0.694. The van der Waals surface area contributed by atoms with Gasteiger partial charge in [-0.1, -0.05) is 13.8 Å². The fourth-order valence-electron chi connectivity index (χ4n) is 2.35. The van der Waals surface area contributed by atoms with Crippen molar-refractivity contribution in [2.45, 2.75) is 19.8 Å². The molecule has 0 atom stereocenters. The molecule has 20 heavy (non-hydrogen) atoms. The Morgan fingerprint density at radius 2 is 2.00 bits per heavy atom. The lowest BCUT2D eigenvalue weighted by Gasteiger charge is -2.12. The summed E-state index contributed by atoms with van der Waals surface area (Å²) in [6, 6.07) is 11.9. The van der Waals surface area contributed by atoms with E-state index in [2.05, 4.69) is 19.9 Å². The molecule has 0 spiro atoms. The molecule has 1 aromatic carbocycles. The Kier molecular flexibility index (Phi) is 3.18. The summed E-state index contributed by atoms with van der Waals surface area (Å²) in [5.41, 5.74) is 3.05. The average molecular weight is 267 g/mol. The van der Waals surface area contributed by atoms with Crippen LogP contribution in [0, 0.1) is 0 Å². The smallest absolute Gasteiger partial charge is 0.152 e. The summed E-state index contributed by atoms with van der Waals surface area (Å²) >= 11 is 0. The molecular weight excluding hydrogens is 250 g/mol. The predicted molar refractivity (Wildman–Crippen MR) is 80.1 cm³/mol. The topological polar surface area (TPSA) is 35.3 Å². The fourth-order valence-corrected chi connectivity index (χ4v) is 2.35. The van der Waals surface area contributed by atoms with Crippen LogP contribution in [-0.2, 0) is 0 Å². The van der Waals surface area contributed by atoms with Gasteiger partial charge in [-0.15, -0.1) is 0 Å². The maximum Gasteiger partial charge on any atom is 0.152 e. The minimum Gasteiger partial charge on any atom is -0.497 e. The molecule has 0 fully saturated rings. The van der Waals surface area contributed by atoms with Gasteiger partial charge in [-0.2, -0.15) is 0 Å². The van der Waals surface area contributed by atoms with E-state index in [1.54, 1.807) is 13.4 Å². The Labute approximate surface area is 118 Å². The number of nitrogens with zero attached hydrogens (tertiary/aromatic N) is 1. The summed E-state index contributed by atoms with van der Waals surface area (Å²) in [5.74, 6) is 2.03. The van der Waals surface area contributed by atoms with Crippen LogP contribution in [0.15, 0.2) is 47.1 Å². The monoisotopic (exact) mass is 267 g/mol. The van der Waals surface area contributed by atoms with Crippen LogP contribution in [0.3, 0.4) is 0 Å². The molecule has 0 aliphatic rings. The predicted octanol–water partition coefficient (Wildman–Crippen LogP) is 4.63. The second-order valence-electron chi connectivity index (χ2n) is 5.12. The first-order valence-electron chi connectivity index (χ1n) is 6.71. The number of fused-ring (bicyclic) bond motifs is 1. The number of methoxy groups -OCH3 is 1. The van der Waals surface area contributed by atoms with E-state index in [1.807, 2.05) is 30.3 Å². The Morgan fingerprint density at radius 1 is 1.15 bits per heavy atom. The maximum atomic E-state index is 5.52. The van der Waals surface area contributed by atoms with E-state index in [0.717, 1.165) is 28.1 Å². The molecule has 3 heteroatoms. The van der Waals surface area contributed by atoms with E-state index >= 15 is 0 Å². The van der Waals surface area contributed by atoms with Crippen molar-refractivity contribution in [3.63, 3.8) is 0 Å². The van der Waals surface area contributed by atoms with Crippen molar-refractivity contribution in [3.05, 3.63) is 48.2 Å². The van der Waals surface area contributed by atoms with Crippen LogP contribution in [0.4, 0.5) is 0 Å². The van der Waals surface area contributed by atoms with Crippen molar-refractivity contribution in [2.24, 2.45) is 0 Å². The number of ether oxygens (including phenoxy) is 1. The molecule has 0 saturated heterocycles. The molecule has 0 bridgehead atoms. The standard InChI is InChI=1S/C17H17NO2/c1-11(2)14-10-12-9-13(19-3)6-7-15(12)18-17(14)16-5-4-8-20-16/h4-11H,1-3H3. The van der Waals surface area contributed by atoms with Gasteiger partial charge in [0.15, 0.2) is 5.76 Å². The Bertz CT molecular complexity index is 730. The van der Waals surface area contributed by atoms with Crippen LogP contribution in [0.5, 0.6) is 5.75 Å². The van der Waals surface area contributed by atoms with Gasteiger partial charge in [0.05, 0.1) is 18.9 Å². The van der Waals surface area contributed by atoms with Crippen LogP contribution < -0.4 is 4.74 Å². The maximum absolute atomic E-state index is 5.52. The van der Waals surface area contributed by atoms with Crippen LogP contribution >= 0.6 is 0 Å². The minimum atomic E-state index is 0.373. The van der Waals surface area contributed by atoms with Gasteiger partial charge in [0.1, 0.15) is 11.4 Å². The number of benzene rings is 1. The summed E-state index contributed by atoms with van der Waals surface area (Å²) in [6.45, 7) is 4.32. The summed E-state index contributed by atoms with van der Waals surface area (Å²) in [4.78, 5) is 4.76. The molecule has 102 valence electrons. The summed E-state index contributed by atoms with van der Waals surface area (Å²) in [5, 5.41) is 1.09. The van der Waals surface area contributed by atoms with E-state index in [1.165, 1.54) is 5.56 Å². The first kappa shape index (κ1) is 12.7. The second kappa shape index (κ2) is 5.00. The molecule has 0 unspecified atom stereocenters. The Morgan fingerprint density at radius 3 is 2.65 bits per heavy atom. The average Bonchev–Trinajstić information content (AvgIpc) is 2.99. The van der Waals surface area contributed by atoms with Crippen molar-refractivity contribution in [3.8, 4) is 17.2 Å². The van der Waals surface area contributed by atoms with E-state index in [4.69, 9.17) is 14.1 Å². The number of pyridine rings is 1. The van der Waals surface area contributed by atoms with Gasteiger partial charge in [0.2, 0.25) is 0 Å². The van der Waals surface area contributed by atoms with Crippen molar-refractivity contribution in [2.75, 3.05) is 7.11 Å². The molecule has 3 rings (SSSR count). The van der Waals surface area contributed by atoms with E-state index in [-0.39, 0.29) is 0 Å². The van der Waals surface area contributed by atoms with Gasteiger partial charge in [0, 0.05) is 5.39 Å². The molecule has 0 N–H and O–H groups in total. The van der Waals surface area contributed by atoms with E-state index in [9.17, 15) is 0 Å². The van der Waals surface area contributed by atoms with Gasteiger partial charge in [-0.05, 0) is 47.9 Å². The largest absolute Gasteiger partial charge is 0.497 e. The lowest BCUT2D eigenvalue weighted by Crippen LogP contribution is -1.96. The number of aromatic nitrogens is 1. The van der Waals surface area contributed by atoms with Crippen molar-refractivity contribution < 1.29 is 9.15 Å². The van der Waals surface area contributed by atoms with Crippen LogP contribution in [-0.4, -0.2) is 12.1 Å². The number of rotatable bonds is 3. The van der Waals surface area contributed by atoms with Gasteiger partial charge < -0.3 is 9.15 Å². The second-order valence-corrected chi connectivity index (χ2v) is 5.12. The highest BCUT2D eigenvalue weighted by Gasteiger charge is 2.14. The summed E-state index contributed by atoms with van der Waals surface area (Å²) in [7, 11) is 1.68. The molecule has 0 saturated carbocycles. The normalized spacial score (nSPS) is 11.2. The third kappa shape index (κ3) is 2.16. The SMILES string of the molecule is COc1ccc2nc(-c3ccco3)c(C(C)C)cc2c1. The van der Waals surface area contributed by atoms with Crippen LogP contribution in [0.2, 0.25) is 0 Å². The number of hydrogen-bond donors (Lipinski definition) is 0. The Balaban J connectivity index is 2.26. The van der Waals surface area contributed by atoms with Crippen molar-refractivity contribution in [1.82, 2.24) is 4.98 Å². The third-order valence-corrected chi connectivity index (χ3v) is 3.43.